The van der Waals surface area contributed by atoms with Crippen molar-refractivity contribution in [2.45, 2.75) is 38.1 Å². The highest BCUT2D eigenvalue weighted by Gasteiger charge is 2.29. The molecule has 0 aromatic heterocycles. The van der Waals surface area contributed by atoms with Gasteiger partial charge in [0.05, 0.1) is 0 Å². The van der Waals surface area contributed by atoms with E-state index in [1.165, 1.54) is 51.7 Å². The van der Waals surface area contributed by atoms with E-state index in [4.69, 9.17) is 0 Å². The van der Waals surface area contributed by atoms with E-state index in [0.29, 0.717) is 0 Å². The molecule has 0 aromatic carbocycles. The van der Waals surface area contributed by atoms with Crippen molar-refractivity contribution < 1.29 is 0 Å². The molecule has 0 aromatic rings. The molecule has 1 saturated carbocycles. The van der Waals surface area contributed by atoms with Gasteiger partial charge in [-0.05, 0) is 45.8 Å². The fourth-order valence-electron chi connectivity index (χ4n) is 3.13. The van der Waals surface area contributed by atoms with Crippen LogP contribution in [0.5, 0.6) is 0 Å². The van der Waals surface area contributed by atoms with Crippen LogP contribution in [0.15, 0.2) is 0 Å². The molecule has 1 atom stereocenters. The van der Waals surface area contributed by atoms with Crippen molar-refractivity contribution in [3.63, 3.8) is 0 Å². The van der Waals surface area contributed by atoms with Crippen LogP contribution in [-0.4, -0.2) is 49.6 Å². The lowest BCUT2D eigenvalue weighted by Gasteiger charge is -2.24. The third-order valence-electron chi connectivity index (χ3n) is 3.78. The van der Waals surface area contributed by atoms with E-state index in [1.54, 1.807) is 0 Å². The van der Waals surface area contributed by atoms with E-state index >= 15 is 0 Å². The Hall–Kier alpha value is -0.0800. The number of likely N-dealkylation sites (tertiary alicyclic amines) is 1. The van der Waals surface area contributed by atoms with Crippen LogP contribution in [-0.2, 0) is 0 Å². The molecule has 2 aliphatic rings. The van der Waals surface area contributed by atoms with Crippen molar-refractivity contribution in [2.75, 3.05) is 33.7 Å². The standard InChI is InChI=1S/C12H24N2/c1-13(2)9-11-7-8-14(10-11)12-5-3-4-6-12/h11-12H,3-10H2,1-2H3/t11-/m1/s1. The van der Waals surface area contributed by atoms with Crippen LogP contribution in [0.25, 0.3) is 0 Å². The third kappa shape index (κ3) is 2.48. The zero-order valence-corrected chi connectivity index (χ0v) is 9.71. The minimum absolute atomic E-state index is 0.936. The second kappa shape index (κ2) is 4.63. The summed E-state index contributed by atoms with van der Waals surface area (Å²) < 4.78 is 0. The Morgan fingerprint density at radius 2 is 1.86 bits per heavy atom. The lowest BCUT2D eigenvalue weighted by Crippen LogP contribution is -2.32. The molecular formula is C12H24N2. The van der Waals surface area contributed by atoms with Crippen LogP contribution in [0, 0.1) is 5.92 Å². The summed E-state index contributed by atoms with van der Waals surface area (Å²) in [6, 6.07) is 0.946. The zero-order valence-electron chi connectivity index (χ0n) is 9.71. The number of hydrogen-bond donors (Lipinski definition) is 0. The van der Waals surface area contributed by atoms with Gasteiger partial charge in [-0.25, -0.2) is 0 Å². The van der Waals surface area contributed by atoms with Gasteiger partial charge in [0, 0.05) is 19.1 Å². The maximum Gasteiger partial charge on any atom is 0.00953 e. The SMILES string of the molecule is CN(C)C[C@H]1CCN(C2CCCC2)C1. The van der Waals surface area contributed by atoms with Gasteiger partial charge in [0.2, 0.25) is 0 Å². The molecule has 0 bridgehead atoms. The second-order valence-electron chi connectivity index (χ2n) is 5.35. The van der Waals surface area contributed by atoms with Crippen LogP contribution in [0.1, 0.15) is 32.1 Å². The first-order valence-corrected chi connectivity index (χ1v) is 6.14. The Morgan fingerprint density at radius 3 is 2.50 bits per heavy atom. The van der Waals surface area contributed by atoms with Crippen molar-refractivity contribution >= 4 is 0 Å². The molecule has 0 N–H and O–H groups in total. The second-order valence-corrected chi connectivity index (χ2v) is 5.35. The summed E-state index contributed by atoms with van der Waals surface area (Å²) in [5.74, 6) is 0.936. The van der Waals surface area contributed by atoms with Crippen molar-refractivity contribution in [2.24, 2.45) is 5.92 Å². The smallest absolute Gasteiger partial charge is 0.00953 e. The largest absolute Gasteiger partial charge is 0.309 e. The molecule has 2 rings (SSSR count). The topological polar surface area (TPSA) is 6.48 Å². The molecule has 2 heteroatoms. The first kappa shape index (κ1) is 10.4. The average Bonchev–Trinajstić information content (AvgIpc) is 2.69. The van der Waals surface area contributed by atoms with E-state index in [1.807, 2.05) is 0 Å². The van der Waals surface area contributed by atoms with Gasteiger partial charge in [0.1, 0.15) is 0 Å². The summed E-state index contributed by atoms with van der Waals surface area (Å²) in [5.41, 5.74) is 0. The molecule has 2 fully saturated rings. The highest BCUT2D eigenvalue weighted by molar-refractivity contribution is 4.84. The molecule has 0 radical (unpaired) electrons. The summed E-state index contributed by atoms with van der Waals surface area (Å²) >= 11 is 0. The Balaban J connectivity index is 1.76. The number of hydrogen-bond acceptors (Lipinski definition) is 2. The zero-order chi connectivity index (χ0) is 9.97. The van der Waals surface area contributed by atoms with E-state index < -0.39 is 0 Å². The molecule has 14 heavy (non-hydrogen) atoms. The van der Waals surface area contributed by atoms with Gasteiger partial charge in [-0.2, -0.15) is 0 Å². The minimum Gasteiger partial charge on any atom is -0.309 e. The van der Waals surface area contributed by atoms with E-state index in [-0.39, 0.29) is 0 Å². The lowest BCUT2D eigenvalue weighted by atomic mass is 10.1. The van der Waals surface area contributed by atoms with Gasteiger partial charge in [-0.3, -0.25) is 0 Å². The summed E-state index contributed by atoms with van der Waals surface area (Å²) in [7, 11) is 4.39. The Bertz CT molecular complexity index is 173. The predicted molar refractivity (Wildman–Crippen MR) is 60.5 cm³/mol. The van der Waals surface area contributed by atoms with Gasteiger partial charge < -0.3 is 9.80 Å². The monoisotopic (exact) mass is 196 g/mol. The molecule has 0 unspecified atom stereocenters. The van der Waals surface area contributed by atoms with Gasteiger partial charge in [0.25, 0.3) is 0 Å². The van der Waals surface area contributed by atoms with Crippen LogP contribution in [0.2, 0.25) is 0 Å². The van der Waals surface area contributed by atoms with Gasteiger partial charge >= 0.3 is 0 Å². The normalized spacial score (nSPS) is 30.6. The summed E-state index contributed by atoms with van der Waals surface area (Å²) in [6.45, 7) is 4.01. The van der Waals surface area contributed by atoms with Crippen LogP contribution < -0.4 is 0 Å². The van der Waals surface area contributed by atoms with E-state index in [2.05, 4.69) is 23.9 Å². The number of rotatable bonds is 3. The molecule has 0 spiro atoms. The predicted octanol–water partition coefficient (Wildman–Crippen LogP) is 1.81. The first-order valence-electron chi connectivity index (χ1n) is 6.14. The van der Waals surface area contributed by atoms with Crippen LogP contribution in [0.4, 0.5) is 0 Å². The first-order chi connectivity index (χ1) is 6.75. The molecular weight excluding hydrogens is 172 g/mol. The number of nitrogens with zero attached hydrogens (tertiary/aromatic N) is 2. The molecule has 1 heterocycles. The fraction of sp³-hybridized carbons (Fsp3) is 1.00. The quantitative estimate of drug-likeness (QED) is 0.679. The lowest BCUT2D eigenvalue weighted by molar-refractivity contribution is 0.227. The summed E-state index contributed by atoms with van der Waals surface area (Å²) in [6.07, 6.45) is 7.30. The molecule has 2 nitrogen and oxygen atoms in total. The summed E-state index contributed by atoms with van der Waals surface area (Å²) in [4.78, 5) is 5.09. The van der Waals surface area contributed by atoms with Crippen molar-refractivity contribution in [3.05, 3.63) is 0 Å². The Kier molecular flexibility index (Phi) is 3.45. The maximum absolute atomic E-state index is 2.75. The molecule has 1 saturated heterocycles. The minimum atomic E-state index is 0.936. The molecule has 1 aliphatic carbocycles. The van der Waals surface area contributed by atoms with Crippen LogP contribution >= 0.6 is 0 Å². The Labute approximate surface area is 88.3 Å². The van der Waals surface area contributed by atoms with Gasteiger partial charge in [-0.1, -0.05) is 12.8 Å². The Morgan fingerprint density at radius 1 is 1.14 bits per heavy atom. The van der Waals surface area contributed by atoms with Gasteiger partial charge in [0.15, 0.2) is 0 Å². The van der Waals surface area contributed by atoms with E-state index in [0.717, 1.165) is 12.0 Å². The van der Waals surface area contributed by atoms with Crippen molar-refractivity contribution in [3.8, 4) is 0 Å². The van der Waals surface area contributed by atoms with Gasteiger partial charge in [-0.15, -0.1) is 0 Å². The van der Waals surface area contributed by atoms with Crippen molar-refractivity contribution in [1.29, 1.82) is 0 Å². The molecule has 0 amide bonds. The molecule has 1 aliphatic heterocycles. The molecule has 82 valence electrons. The maximum atomic E-state index is 2.75. The summed E-state index contributed by atoms with van der Waals surface area (Å²) in [5, 5.41) is 0. The third-order valence-corrected chi connectivity index (χ3v) is 3.78. The average molecular weight is 196 g/mol. The van der Waals surface area contributed by atoms with Crippen molar-refractivity contribution in [1.82, 2.24) is 9.80 Å². The highest BCUT2D eigenvalue weighted by atomic mass is 15.2. The van der Waals surface area contributed by atoms with E-state index in [9.17, 15) is 0 Å². The highest BCUT2D eigenvalue weighted by Crippen LogP contribution is 2.28. The fourth-order valence-corrected chi connectivity index (χ4v) is 3.13. The van der Waals surface area contributed by atoms with Crippen LogP contribution in [0.3, 0.4) is 0 Å².